The van der Waals surface area contributed by atoms with Crippen molar-refractivity contribution in [3.63, 3.8) is 0 Å². The van der Waals surface area contributed by atoms with Gasteiger partial charge >= 0.3 is 5.97 Å². The average molecular weight is 499 g/mol. The van der Waals surface area contributed by atoms with E-state index in [4.69, 9.17) is 9.72 Å². The first-order valence-corrected chi connectivity index (χ1v) is 12.2. The third kappa shape index (κ3) is 3.33. The molecule has 6 rings (SSSR count). The highest BCUT2D eigenvalue weighted by Crippen LogP contribution is 2.36. The number of ether oxygens (including phenoxy) is 1. The summed E-state index contributed by atoms with van der Waals surface area (Å²) in [7, 11) is 5.08. The molecular weight excluding hydrogens is 476 g/mol. The highest BCUT2D eigenvalue weighted by atomic mass is 32.1. The molecule has 0 bridgehead atoms. The molecule has 0 saturated heterocycles. The molecule has 4 heterocycles. The minimum Gasteiger partial charge on any atom is -0.468 e. The van der Waals surface area contributed by atoms with Crippen LogP contribution in [0.3, 0.4) is 0 Å². The minimum atomic E-state index is -0.642. The normalized spacial score (nSPS) is 12.5. The molecule has 1 unspecified atom stereocenters. The van der Waals surface area contributed by atoms with Gasteiger partial charge in [-0.25, -0.2) is 9.67 Å². The standard InChI is InChI=1S/C26H22N6O3S/c1-30-21-18(13-28-32(25(21)33)14-16-10-7-11-19-17(16)12-27-31(19)2)22-23(30)29-24(36-22)20(26(34)35-3)15-8-5-4-6-9-15/h4-13,20H,14H2,1-3H3. The lowest BCUT2D eigenvalue weighted by molar-refractivity contribution is -0.141. The van der Waals surface area contributed by atoms with Crippen LogP contribution in [-0.4, -0.2) is 42.2 Å². The number of hydrogen-bond donors (Lipinski definition) is 0. The van der Waals surface area contributed by atoms with Crippen molar-refractivity contribution in [2.75, 3.05) is 7.11 Å². The number of thiazole rings is 1. The number of carbonyl (C=O) groups excluding carboxylic acids is 1. The first-order valence-electron chi connectivity index (χ1n) is 11.3. The maximum Gasteiger partial charge on any atom is 0.320 e. The molecule has 0 fully saturated rings. The number of fused-ring (bicyclic) bond motifs is 4. The molecule has 0 radical (unpaired) electrons. The Kier molecular flexibility index (Phi) is 5.18. The summed E-state index contributed by atoms with van der Waals surface area (Å²) in [5.41, 5.74) is 3.73. The third-order valence-corrected chi connectivity index (χ3v) is 7.70. The summed E-state index contributed by atoms with van der Waals surface area (Å²) in [5.74, 6) is -1.02. The summed E-state index contributed by atoms with van der Waals surface area (Å²) >= 11 is 1.39. The van der Waals surface area contributed by atoms with Gasteiger partial charge in [0, 0.05) is 24.9 Å². The number of esters is 1. The summed E-state index contributed by atoms with van der Waals surface area (Å²) in [6.07, 6.45) is 3.52. The molecule has 0 spiro atoms. The van der Waals surface area contributed by atoms with Crippen LogP contribution < -0.4 is 5.56 Å². The topological polar surface area (TPSA) is 96.8 Å². The maximum atomic E-state index is 13.5. The van der Waals surface area contributed by atoms with Crippen LogP contribution in [0.5, 0.6) is 0 Å². The molecule has 4 aromatic heterocycles. The van der Waals surface area contributed by atoms with Gasteiger partial charge in [-0.3, -0.25) is 14.3 Å². The Balaban J connectivity index is 1.46. The van der Waals surface area contributed by atoms with Gasteiger partial charge in [0.2, 0.25) is 0 Å². The highest BCUT2D eigenvalue weighted by molar-refractivity contribution is 7.19. The molecule has 9 nitrogen and oxygen atoms in total. The van der Waals surface area contributed by atoms with E-state index in [0.29, 0.717) is 28.1 Å². The summed E-state index contributed by atoms with van der Waals surface area (Å²) in [6, 6.07) is 15.4. The number of nitrogens with zero attached hydrogens (tertiary/aromatic N) is 6. The Hall–Kier alpha value is -4.31. The number of aryl methyl sites for hydroxylation is 2. The highest BCUT2D eigenvalue weighted by Gasteiger charge is 2.29. The van der Waals surface area contributed by atoms with Crippen LogP contribution in [0.25, 0.3) is 32.2 Å². The monoisotopic (exact) mass is 498 g/mol. The largest absolute Gasteiger partial charge is 0.468 e. The molecule has 1 atom stereocenters. The minimum absolute atomic E-state index is 0.199. The zero-order valence-corrected chi connectivity index (χ0v) is 20.7. The van der Waals surface area contributed by atoms with Crippen molar-refractivity contribution in [3.8, 4) is 0 Å². The molecule has 6 aromatic rings. The summed E-state index contributed by atoms with van der Waals surface area (Å²) in [4.78, 5) is 31.0. The summed E-state index contributed by atoms with van der Waals surface area (Å²) < 4.78 is 11.0. The second kappa shape index (κ2) is 8.42. The van der Waals surface area contributed by atoms with E-state index in [1.165, 1.54) is 23.1 Å². The molecule has 2 aromatic carbocycles. The quantitative estimate of drug-likeness (QED) is 0.337. The number of benzene rings is 2. The lowest BCUT2D eigenvalue weighted by atomic mass is 10.0. The second-order valence-corrected chi connectivity index (χ2v) is 9.65. The first-order chi connectivity index (χ1) is 17.5. The Morgan fingerprint density at radius 3 is 2.58 bits per heavy atom. The predicted octanol–water partition coefficient (Wildman–Crippen LogP) is 3.58. The van der Waals surface area contributed by atoms with Crippen molar-refractivity contribution in [2.45, 2.75) is 12.5 Å². The van der Waals surface area contributed by atoms with E-state index in [1.807, 2.05) is 73.5 Å². The number of aromatic nitrogens is 6. The van der Waals surface area contributed by atoms with Crippen LogP contribution in [0, 0.1) is 0 Å². The number of hydrogen-bond acceptors (Lipinski definition) is 7. The van der Waals surface area contributed by atoms with Crippen molar-refractivity contribution in [3.05, 3.63) is 87.4 Å². The van der Waals surface area contributed by atoms with E-state index >= 15 is 0 Å². The summed E-state index contributed by atoms with van der Waals surface area (Å²) in [6.45, 7) is 0.327. The van der Waals surface area contributed by atoms with E-state index in [0.717, 1.165) is 26.7 Å². The second-order valence-electron chi connectivity index (χ2n) is 8.62. The van der Waals surface area contributed by atoms with Gasteiger partial charge in [-0.15, -0.1) is 11.3 Å². The number of methoxy groups -OCH3 is 1. The van der Waals surface area contributed by atoms with Crippen LogP contribution in [0.15, 0.2) is 65.7 Å². The third-order valence-electron chi connectivity index (χ3n) is 6.56. The average Bonchev–Trinajstić information content (AvgIpc) is 3.56. The van der Waals surface area contributed by atoms with Crippen molar-refractivity contribution >= 4 is 49.5 Å². The molecule has 0 amide bonds. The van der Waals surface area contributed by atoms with E-state index in [-0.39, 0.29) is 11.5 Å². The van der Waals surface area contributed by atoms with E-state index in [9.17, 15) is 9.59 Å². The first kappa shape index (κ1) is 22.2. The maximum absolute atomic E-state index is 13.5. The van der Waals surface area contributed by atoms with E-state index in [1.54, 1.807) is 10.8 Å². The van der Waals surface area contributed by atoms with Gasteiger partial charge in [-0.1, -0.05) is 42.5 Å². The SMILES string of the molecule is COC(=O)C(c1ccccc1)c1nc2c(s1)c1cnn(Cc3cccc4c3cnn4C)c(=O)c1n2C. The lowest BCUT2D eigenvalue weighted by Crippen LogP contribution is -2.24. The van der Waals surface area contributed by atoms with Crippen molar-refractivity contribution in [2.24, 2.45) is 14.1 Å². The van der Waals surface area contributed by atoms with Crippen LogP contribution in [-0.2, 0) is 30.2 Å². The predicted molar refractivity (Wildman–Crippen MR) is 138 cm³/mol. The molecule has 0 aliphatic carbocycles. The Labute approximate surface area is 209 Å². The van der Waals surface area contributed by atoms with Gasteiger partial charge in [0.1, 0.15) is 16.4 Å². The zero-order chi connectivity index (χ0) is 25.0. The molecule has 0 N–H and O–H groups in total. The Morgan fingerprint density at radius 1 is 1.03 bits per heavy atom. The van der Waals surface area contributed by atoms with Crippen molar-refractivity contribution < 1.29 is 9.53 Å². The fourth-order valence-electron chi connectivity index (χ4n) is 4.72. The molecule has 180 valence electrons. The van der Waals surface area contributed by atoms with E-state index in [2.05, 4.69) is 10.2 Å². The molecule has 0 saturated carbocycles. The lowest BCUT2D eigenvalue weighted by Gasteiger charge is -2.12. The summed E-state index contributed by atoms with van der Waals surface area (Å²) in [5, 5.41) is 11.1. The molecule has 36 heavy (non-hydrogen) atoms. The molecule has 10 heteroatoms. The Bertz CT molecular complexity index is 1830. The smallest absolute Gasteiger partial charge is 0.320 e. The van der Waals surface area contributed by atoms with Gasteiger partial charge in [0.05, 0.1) is 36.3 Å². The van der Waals surface area contributed by atoms with Gasteiger partial charge in [0.25, 0.3) is 5.56 Å². The van der Waals surface area contributed by atoms with E-state index < -0.39 is 5.92 Å². The number of carbonyl (C=O) groups is 1. The van der Waals surface area contributed by atoms with Crippen molar-refractivity contribution in [1.82, 2.24) is 29.1 Å². The van der Waals surface area contributed by atoms with Crippen LogP contribution in [0.1, 0.15) is 22.1 Å². The van der Waals surface area contributed by atoms with Crippen molar-refractivity contribution in [1.29, 1.82) is 0 Å². The van der Waals surface area contributed by atoms with Crippen LogP contribution >= 0.6 is 11.3 Å². The van der Waals surface area contributed by atoms with Gasteiger partial charge in [-0.2, -0.15) is 10.2 Å². The zero-order valence-electron chi connectivity index (χ0n) is 19.9. The van der Waals surface area contributed by atoms with Crippen LogP contribution in [0.4, 0.5) is 0 Å². The fraction of sp³-hybridized carbons (Fsp3) is 0.192. The van der Waals surface area contributed by atoms with Crippen LogP contribution in [0.2, 0.25) is 0 Å². The number of rotatable bonds is 5. The van der Waals surface area contributed by atoms with Gasteiger partial charge in [-0.05, 0) is 17.2 Å². The van der Waals surface area contributed by atoms with Gasteiger partial charge in [0.15, 0.2) is 5.65 Å². The fourth-order valence-corrected chi connectivity index (χ4v) is 5.95. The molecule has 0 aliphatic rings. The molecular formula is C26H22N6O3S. The van der Waals surface area contributed by atoms with Gasteiger partial charge < -0.3 is 9.30 Å². The molecule has 0 aliphatic heterocycles. The Morgan fingerprint density at radius 2 is 1.81 bits per heavy atom.